The van der Waals surface area contributed by atoms with Crippen molar-refractivity contribution in [1.29, 1.82) is 0 Å². The first-order valence-electron chi connectivity index (χ1n) is 14.2. The summed E-state index contributed by atoms with van der Waals surface area (Å²) >= 11 is 0. The highest BCUT2D eigenvalue weighted by Gasteiger charge is 2.36. The van der Waals surface area contributed by atoms with E-state index >= 15 is 0 Å². The summed E-state index contributed by atoms with van der Waals surface area (Å²) in [4.78, 5) is 49.8. The molecular formula is C30H47NO9. The van der Waals surface area contributed by atoms with Crippen LogP contribution in [0.1, 0.15) is 91.5 Å². The molecule has 1 rings (SSSR count). The summed E-state index contributed by atoms with van der Waals surface area (Å²) in [5, 5.41) is 0. The number of nitrogens with two attached hydrogens (primary N) is 1. The van der Waals surface area contributed by atoms with Crippen molar-refractivity contribution < 1.29 is 42.9 Å². The largest absolute Gasteiger partial charge is 0.508 e. The summed E-state index contributed by atoms with van der Waals surface area (Å²) in [5.74, 6) is -2.14. The summed E-state index contributed by atoms with van der Waals surface area (Å²) < 4.78 is 26.3. The molecule has 1 aromatic rings. The molecule has 40 heavy (non-hydrogen) atoms. The minimum Gasteiger partial charge on any atom is -0.468 e. The fraction of sp³-hybridized carbons (Fsp3) is 0.667. The molecule has 0 aliphatic heterocycles. The minimum atomic E-state index is -1.55. The number of hydrogen-bond acceptors (Lipinski definition) is 10. The Labute approximate surface area is 238 Å². The lowest BCUT2D eigenvalue weighted by molar-refractivity contribution is -0.148. The molecule has 0 radical (unpaired) electrons. The minimum absolute atomic E-state index is 0.0237. The molecule has 0 saturated carbocycles. The van der Waals surface area contributed by atoms with Gasteiger partial charge in [0.05, 0.1) is 32.2 Å². The monoisotopic (exact) mass is 565 g/mol. The zero-order valence-electron chi connectivity index (χ0n) is 24.9. The molecule has 226 valence electrons. The van der Waals surface area contributed by atoms with E-state index in [1.165, 1.54) is 19.2 Å². The number of benzene rings is 1. The van der Waals surface area contributed by atoms with Gasteiger partial charge >= 0.3 is 24.1 Å². The second-order valence-electron chi connectivity index (χ2n) is 10.2. The highest BCUT2D eigenvalue weighted by molar-refractivity contribution is 5.81. The van der Waals surface area contributed by atoms with Gasteiger partial charge in [-0.05, 0) is 37.0 Å². The summed E-state index contributed by atoms with van der Waals surface area (Å²) in [6, 6.07) is 4.67. The Kier molecular flexibility index (Phi) is 15.9. The van der Waals surface area contributed by atoms with Gasteiger partial charge in [-0.3, -0.25) is 14.4 Å². The molecule has 0 bridgehead atoms. The third-order valence-electron chi connectivity index (χ3n) is 6.52. The van der Waals surface area contributed by atoms with E-state index in [1.807, 2.05) is 20.8 Å². The van der Waals surface area contributed by atoms with Gasteiger partial charge in [-0.15, -0.1) is 0 Å². The first kappa shape index (κ1) is 34.9. The molecule has 0 amide bonds. The normalized spacial score (nSPS) is 13.9. The van der Waals surface area contributed by atoms with Gasteiger partial charge in [0.2, 0.25) is 0 Å². The predicted molar refractivity (Wildman–Crippen MR) is 150 cm³/mol. The van der Waals surface area contributed by atoms with Crippen molar-refractivity contribution in [3.63, 3.8) is 0 Å². The van der Waals surface area contributed by atoms with Gasteiger partial charge in [-0.2, -0.15) is 0 Å². The third kappa shape index (κ3) is 11.9. The Hall–Kier alpha value is -3.14. The van der Waals surface area contributed by atoms with Crippen LogP contribution < -0.4 is 15.2 Å². The van der Waals surface area contributed by atoms with Gasteiger partial charge in [0.1, 0.15) is 5.54 Å². The van der Waals surface area contributed by atoms with Gasteiger partial charge < -0.3 is 29.4 Å². The summed E-state index contributed by atoms with van der Waals surface area (Å²) in [5.41, 5.74) is 5.42. The van der Waals surface area contributed by atoms with Gasteiger partial charge in [-0.1, -0.05) is 66.4 Å². The molecule has 0 aliphatic carbocycles. The number of carbonyl (C=O) groups is 4. The maximum Gasteiger partial charge on any atom is 0.508 e. The van der Waals surface area contributed by atoms with Crippen molar-refractivity contribution in [1.82, 2.24) is 0 Å². The molecule has 3 atom stereocenters. The lowest BCUT2D eigenvalue weighted by atomic mass is 9.88. The third-order valence-corrected chi connectivity index (χ3v) is 6.52. The lowest BCUT2D eigenvalue weighted by Crippen LogP contribution is -2.51. The van der Waals surface area contributed by atoms with Crippen LogP contribution in [0.15, 0.2) is 18.2 Å². The molecular weight excluding hydrogens is 518 g/mol. The van der Waals surface area contributed by atoms with Gasteiger partial charge in [0.25, 0.3) is 0 Å². The molecule has 0 fully saturated rings. The van der Waals surface area contributed by atoms with Crippen LogP contribution in [0.2, 0.25) is 0 Å². The van der Waals surface area contributed by atoms with Crippen molar-refractivity contribution in [2.75, 3.05) is 20.3 Å². The molecule has 0 spiro atoms. The van der Waals surface area contributed by atoms with Crippen LogP contribution in [-0.2, 0) is 35.0 Å². The van der Waals surface area contributed by atoms with Crippen molar-refractivity contribution in [2.24, 2.45) is 17.6 Å². The van der Waals surface area contributed by atoms with Crippen LogP contribution in [-0.4, -0.2) is 49.9 Å². The summed E-state index contributed by atoms with van der Waals surface area (Å²) in [6.07, 6.45) is 4.68. The van der Waals surface area contributed by atoms with Crippen molar-refractivity contribution >= 4 is 24.1 Å². The molecule has 10 nitrogen and oxygen atoms in total. The topological polar surface area (TPSA) is 140 Å². The van der Waals surface area contributed by atoms with Crippen LogP contribution in [0.25, 0.3) is 0 Å². The maximum absolute atomic E-state index is 12.7. The number of ether oxygens (including phenoxy) is 5. The van der Waals surface area contributed by atoms with E-state index in [4.69, 9.17) is 29.4 Å². The Bertz CT molecular complexity index is 964. The lowest BCUT2D eigenvalue weighted by Gasteiger charge is -2.26. The molecule has 0 saturated heterocycles. The first-order valence-corrected chi connectivity index (χ1v) is 14.2. The highest BCUT2D eigenvalue weighted by Crippen LogP contribution is 2.32. The second-order valence-corrected chi connectivity index (χ2v) is 10.2. The Morgan fingerprint density at radius 1 is 0.825 bits per heavy atom. The molecule has 2 N–H and O–H groups in total. The van der Waals surface area contributed by atoms with Gasteiger partial charge in [0, 0.05) is 12.8 Å². The molecule has 0 heterocycles. The van der Waals surface area contributed by atoms with E-state index in [-0.39, 0.29) is 49.4 Å². The molecule has 1 aromatic carbocycles. The maximum atomic E-state index is 12.7. The Morgan fingerprint density at radius 2 is 1.40 bits per heavy atom. The highest BCUT2D eigenvalue weighted by atomic mass is 16.7. The number of hydrogen-bond donors (Lipinski definition) is 1. The second kappa shape index (κ2) is 18.3. The molecule has 2 unspecified atom stereocenters. The SMILES string of the molecule is CCCCCOC(=O)OCC[C@@](N)(Cc1ccc(OC(=O)C(C)CCC)c(OC(=O)C(C)CCC)c1)C(=O)OC. The molecule has 10 heteroatoms. The first-order chi connectivity index (χ1) is 19.0. The van der Waals surface area contributed by atoms with Crippen LogP contribution in [0, 0.1) is 11.8 Å². The van der Waals surface area contributed by atoms with E-state index in [1.54, 1.807) is 19.9 Å². The number of methoxy groups -OCH3 is 1. The number of rotatable bonds is 18. The Morgan fingerprint density at radius 3 is 1.95 bits per heavy atom. The van der Waals surface area contributed by atoms with E-state index < -0.39 is 29.6 Å². The van der Waals surface area contributed by atoms with E-state index in [2.05, 4.69) is 0 Å². The van der Waals surface area contributed by atoms with Gasteiger partial charge in [-0.25, -0.2) is 4.79 Å². The quantitative estimate of drug-likeness (QED) is 0.137. The smallest absolute Gasteiger partial charge is 0.468 e. The zero-order chi connectivity index (χ0) is 30.1. The fourth-order valence-electron chi connectivity index (χ4n) is 4.04. The standard InChI is InChI=1S/C30H47NO9/c1-7-10-11-17-37-29(35)38-18-16-30(31,28(34)36-6)20-23-14-15-24(39-26(32)21(4)12-8-2)25(19-23)40-27(33)22(5)13-9-3/h14-15,19,21-22H,7-13,16-18,20,31H2,1-6H3/t21?,22?,30-/m1/s1. The van der Waals surface area contributed by atoms with Crippen LogP contribution in [0.5, 0.6) is 11.5 Å². The zero-order valence-corrected chi connectivity index (χ0v) is 24.9. The number of unbranched alkanes of at least 4 members (excludes halogenated alkanes) is 2. The van der Waals surface area contributed by atoms with Crippen molar-refractivity contribution in [2.45, 2.75) is 97.9 Å². The van der Waals surface area contributed by atoms with Crippen LogP contribution >= 0.6 is 0 Å². The fourth-order valence-corrected chi connectivity index (χ4v) is 4.04. The van der Waals surface area contributed by atoms with Gasteiger partial charge in [0.15, 0.2) is 11.5 Å². The van der Waals surface area contributed by atoms with Crippen LogP contribution in [0.4, 0.5) is 4.79 Å². The van der Waals surface area contributed by atoms with Crippen LogP contribution in [0.3, 0.4) is 0 Å². The van der Waals surface area contributed by atoms with E-state index in [0.717, 1.165) is 32.1 Å². The number of esters is 3. The average molecular weight is 566 g/mol. The van der Waals surface area contributed by atoms with E-state index in [9.17, 15) is 19.2 Å². The van der Waals surface area contributed by atoms with E-state index in [0.29, 0.717) is 18.4 Å². The van der Waals surface area contributed by atoms with Crippen molar-refractivity contribution in [3.8, 4) is 11.5 Å². The predicted octanol–water partition coefficient (Wildman–Crippen LogP) is 5.52. The van der Waals surface area contributed by atoms with Crippen molar-refractivity contribution in [3.05, 3.63) is 23.8 Å². The summed E-state index contributed by atoms with van der Waals surface area (Å²) in [7, 11) is 1.22. The molecule has 0 aromatic heterocycles. The Balaban J connectivity index is 3.12. The number of carbonyl (C=O) groups excluding carboxylic acids is 4. The molecule has 0 aliphatic rings. The average Bonchev–Trinajstić information content (AvgIpc) is 2.92. The summed E-state index contributed by atoms with van der Waals surface area (Å²) in [6.45, 7) is 9.61.